The molecule has 1 amide bonds. The lowest BCUT2D eigenvalue weighted by atomic mass is 9.86. The second-order valence-corrected chi connectivity index (χ2v) is 7.83. The van der Waals surface area contributed by atoms with Gasteiger partial charge in [0.05, 0.1) is 6.61 Å². The maximum atomic E-state index is 11.8. The van der Waals surface area contributed by atoms with Gasteiger partial charge in [-0.05, 0) is 63.2 Å². The number of hydrogen-bond acceptors (Lipinski definition) is 3. The number of aliphatic imine (C=N–C) groups is 1. The number of carbonyl (C=O) groups is 1. The number of amides is 1. The molecule has 1 heterocycles. The molecule has 0 spiro atoms. The van der Waals surface area contributed by atoms with Gasteiger partial charge >= 0.3 is 6.09 Å². The van der Waals surface area contributed by atoms with E-state index in [1.165, 1.54) is 32.1 Å². The quantitative estimate of drug-likeness (QED) is 0.591. The molecule has 6 heteroatoms. The van der Waals surface area contributed by atoms with Crippen LogP contribution in [-0.4, -0.2) is 56.3 Å². The van der Waals surface area contributed by atoms with Crippen LogP contribution in [0.1, 0.15) is 51.9 Å². The molecule has 1 aliphatic heterocycles. The summed E-state index contributed by atoms with van der Waals surface area (Å²) >= 11 is 0. The number of fused-ring (bicyclic) bond motifs is 2. The summed E-state index contributed by atoms with van der Waals surface area (Å²) in [6.07, 6.45) is 8.82. The number of rotatable bonds is 5. The average molecular weight is 351 g/mol. The lowest BCUT2D eigenvalue weighted by Crippen LogP contribution is -2.50. The van der Waals surface area contributed by atoms with Crippen molar-refractivity contribution in [1.82, 2.24) is 15.5 Å². The topological polar surface area (TPSA) is 66.0 Å². The molecular formula is C19H34N4O2. The molecule has 3 atom stereocenters. The standard InChI is InChI=1S/C19H34N4O2/c1-3-25-19(24)23-10-7-17(8-11-23)22-18(20-2)21-9-6-16-13-14-4-5-15(16)12-14/h14-17H,3-13H2,1-2H3,(H2,20,21,22). The first kappa shape index (κ1) is 18.3. The molecule has 0 aromatic heterocycles. The molecule has 1 saturated heterocycles. The van der Waals surface area contributed by atoms with Crippen molar-refractivity contribution in [3.63, 3.8) is 0 Å². The fourth-order valence-electron chi connectivity index (χ4n) is 4.92. The fraction of sp³-hybridized carbons (Fsp3) is 0.895. The van der Waals surface area contributed by atoms with Crippen LogP contribution in [0.5, 0.6) is 0 Å². The maximum absolute atomic E-state index is 11.8. The highest BCUT2D eigenvalue weighted by molar-refractivity contribution is 5.80. The Morgan fingerprint density at radius 1 is 1.20 bits per heavy atom. The van der Waals surface area contributed by atoms with E-state index in [-0.39, 0.29) is 6.09 Å². The number of carbonyl (C=O) groups excluding carboxylic acids is 1. The van der Waals surface area contributed by atoms with Gasteiger partial charge in [0, 0.05) is 32.7 Å². The summed E-state index contributed by atoms with van der Waals surface area (Å²) in [5.41, 5.74) is 0. The first-order valence-corrected chi connectivity index (χ1v) is 10.1. The zero-order valence-corrected chi connectivity index (χ0v) is 15.8. The molecule has 2 aliphatic carbocycles. The highest BCUT2D eigenvalue weighted by Crippen LogP contribution is 2.49. The Morgan fingerprint density at radius 3 is 2.60 bits per heavy atom. The van der Waals surface area contributed by atoms with E-state index in [4.69, 9.17) is 4.74 Å². The van der Waals surface area contributed by atoms with Crippen molar-refractivity contribution < 1.29 is 9.53 Å². The Morgan fingerprint density at radius 2 is 2.00 bits per heavy atom. The summed E-state index contributed by atoms with van der Waals surface area (Å²) in [7, 11) is 1.83. The summed E-state index contributed by atoms with van der Waals surface area (Å²) in [4.78, 5) is 17.9. The molecule has 142 valence electrons. The molecule has 25 heavy (non-hydrogen) atoms. The highest BCUT2D eigenvalue weighted by atomic mass is 16.6. The third-order valence-electron chi connectivity index (χ3n) is 6.28. The van der Waals surface area contributed by atoms with Crippen LogP contribution in [0.15, 0.2) is 4.99 Å². The van der Waals surface area contributed by atoms with Gasteiger partial charge in [0.1, 0.15) is 0 Å². The average Bonchev–Trinajstić information content (AvgIpc) is 3.24. The van der Waals surface area contributed by atoms with Crippen molar-refractivity contribution >= 4 is 12.1 Å². The largest absolute Gasteiger partial charge is 0.450 e. The van der Waals surface area contributed by atoms with Gasteiger partial charge < -0.3 is 20.3 Å². The summed E-state index contributed by atoms with van der Waals surface area (Å²) in [5, 5.41) is 7.01. The Bertz CT molecular complexity index is 474. The van der Waals surface area contributed by atoms with E-state index in [1.54, 1.807) is 4.90 Å². The lowest BCUT2D eigenvalue weighted by Gasteiger charge is -2.32. The van der Waals surface area contributed by atoms with Gasteiger partial charge in [-0.3, -0.25) is 4.99 Å². The van der Waals surface area contributed by atoms with Crippen molar-refractivity contribution in [2.75, 3.05) is 33.3 Å². The second-order valence-electron chi connectivity index (χ2n) is 7.83. The Hall–Kier alpha value is -1.46. The molecule has 0 radical (unpaired) electrons. The van der Waals surface area contributed by atoms with Gasteiger partial charge in [-0.15, -0.1) is 0 Å². The normalized spacial score (nSPS) is 29.8. The van der Waals surface area contributed by atoms with Crippen molar-refractivity contribution in [2.45, 2.75) is 57.9 Å². The molecule has 3 unspecified atom stereocenters. The third-order valence-corrected chi connectivity index (χ3v) is 6.28. The van der Waals surface area contributed by atoms with Crippen LogP contribution in [0.25, 0.3) is 0 Å². The minimum atomic E-state index is -0.186. The predicted molar refractivity (Wildman–Crippen MR) is 99.7 cm³/mol. The first-order chi connectivity index (χ1) is 12.2. The van der Waals surface area contributed by atoms with Crippen molar-refractivity contribution in [3.05, 3.63) is 0 Å². The van der Waals surface area contributed by atoms with Gasteiger partial charge in [-0.1, -0.05) is 6.42 Å². The monoisotopic (exact) mass is 350 g/mol. The van der Waals surface area contributed by atoms with Crippen LogP contribution in [0, 0.1) is 17.8 Å². The SMILES string of the molecule is CCOC(=O)N1CCC(NC(=NC)NCCC2CC3CCC2C3)CC1. The van der Waals surface area contributed by atoms with Crippen molar-refractivity contribution in [3.8, 4) is 0 Å². The summed E-state index contributed by atoms with van der Waals surface area (Å²) in [5.74, 6) is 3.85. The first-order valence-electron chi connectivity index (χ1n) is 10.1. The lowest BCUT2D eigenvalue weighted by molar-refractivity contribution is 0.0963. The summed E-state index contributed by atoms with van der Waals surface area (Å²) in [6, 6.07) is 0.374. The van der Waals surface area contributed by atoms with Crippen LogP contribution in [0.4, 0.5) is 4.79 Å². The van der Waals surface area contributed by atoms with Crippen LogP contribution in [-0.2, 0) is 4.74 Å². The minimum Gasteiger partial charge on any atom is -0.450 e. The van der Waals surface area contributed by atoms with Gasteiger partial charge in [-0.2, -0.15) is 0 Å². The summed E-state index contributed by atoms with van der Waals surface area (Å²) in [6.45, 7) is 4.79. The summed E-state index contributed by atoms with van der Waals surface area (Å²) < 4.78 is 5.07. The van der Waals surface area contributed by atoms with E-state index in [0.717, 1.165) is 56.2 Å². The Labute approximate surface area is 151 Å². The number of guanidine groups is 1. The van der Waals surface area contributed by atoms with Gasteiger partial charge in [0.25, 0.3) is 0 Å². The van der Waals surface area contributed by atoms with Crippen LogP contribution < -0.4 is 10.6 Å². The van der Waals surface area contributed by atoms with E-state index in [2.05, 4.69) is 15.6 Å². The van der Waals surface area contributed by atoms with Gasteiger partial charge in [-0.25, -0.2) is 4.79 Å². The Kier molecular flexibility index (Phi) is 6.43. The molecule has 6 nitrogen and oxygen atoms in total. The number of piperidine rings is 1. The highest BCUT2D eigenvalue weighted by Gasteiger charge is 2.38. The van der Waals surface area contributed by atoms with E-state index in [9.17, 15) is 4.79 Å². The molecular weight excluding hydrogens is 316 g/mol. The molecule has 0 aromatic carbocycles. The van der Waals surface area contributed by atoms with Gasteiger partial charge in [0.15, 0.2) is 5.96 Å². The predicted octanol–water partition coefficient (Wildman–Crippen LogP) is 2.60. The molecule has 3 fully saturated rings. The van der Waals surface area contributed by atoms with Crippen LogP contribution in [0.2, 0.25) is 0 Å². The molecule has 0 aromatic rings. The molecule has 3 aliphatic rings. The third kappa shape index (κ3) is 4.79. The smallest absolute Gasteiger partial charge is 0.409 e. The van der Waals surface area contributed by atoms with E-state index >= 15 is 0 Å². The molecule has 2 bridgehead atoms. The fourth-order valence-corrected chi connectivity index (χ4v) is 4.92. The zero-order valence-electron chi connectivity index (χ0n) is 15.8. The van der Waals surface area contributed by atoms with E-state index in [1.807, 2.05) is 14.0 Å². The molecule has 2 N–H and O–H groups in total. The molecule has 2 saturated carbocycles. The Balaban J connectivity index is 1.33. The number of likely N-dealkylation sites (tertiary alicyclic amines) is 1. The molecule has 3 rings (SSSR count). The second kappa shape index (κ2) is 8.77. The van der Waals surface area contributed by atoms with Crippen LogP contribution in [0.3, 0.4) is 0 Å². The maximum Gasteiger partial charge on any atom is 0.409 e. The number of nitrogens with zero attached hydrogens (tertiary/aromatic N) is 2. The number of hydrogen-bond donors (Lipinski definition) is 2. The van der Waals surface area contributed by atoms with Crippen molar-refractivity contribution in [1.29, 1.82) is 0 Å². The number of ether oxygens (including phenoxy) is 1. The minimum absolute atomic E-state index is 0.186. The van der Waals surface area contributed by atoms with Gasteiger partial charge in [0.2, 0.25) is 0 Å². The zero-order chi connectivity index (χ0) is 17.6. The van der Waals surface area contributed by atoms with Crippen molar-refractivity contribution in [2.24, 2.45) is 22.7 Å². The van der Waals surface area contributed by atoms with Crippen LogP contribution >= 0.6 is 0 Å². The van der Waals surface area contributed by atoms with E-state index in [0.29, 0.717) is 12.6 Å². The number of nitrogens with one attached hydrogen (secondary N) is 2. The van der Waals surface area contributed by atoms with E-state index < -0.39 is 0 Å².